The van der Waals surface area contributed by atoms with Crippen molar-refractivity contribution in [3.05, 3.63) is 48.8 Å². The lowest BCUT2D eigenvalue weighted by Crippen LogP contribution is -2.56. The summed E-state index contributed by atoms with van der Waals surface area (Å²) >= 11 is 0. The zero-order valence-corrected chi connectivity index (χ0v) is 19.0. The van der Waals surface area contributed by atoms with E-state index in [1.807, 2.05) is 32.3 Å². The number of piperidine rings is 1. The summed E-state index contributed by atoms with van der Waals surface area (Å²) < 4.78 is 5.16. The van der Waals surface area contributed by atoms with Gasteiger partial charge in [0, 0.05) is 44.5 Å². The predicted octanol–water partition coefficient (Wildman–Crippen LogP) is 3.63. The number of carbonyl (C=O) groups is 1. The van der Waals surface area contributed by atoms with E-state index in [-0.39, 0.29) is 12.1 Å². The first-order valence-corrected chi connectivity index (χ1v) is 11.0. The second kappa shape index (κ2) is 8.57. The molecule has 9 nitrogen and oxygen atoms in total. The number of anilines is 4. The molecule has 0 saturated carbocycles. The Kier molecular flexibility index (Phi) is 5.45. The maximum atomic E-state index is 13.5. The topological polar surface area (TPSA) is 86.7 Å². The molecule has 1 saturated heterocycles. The average Bonchev–Trinajstić information content (AvgIpc) is 2.84. The number of aromatic nitrogens is 3. The Labute approximate surface area is 193 Å². The molecule has 2 bridgehead atoms. The van der Waals surface area contributed by atoms with Gasteiger partial charge in [-0.15, -0.1) is 0 Å². The van der Waals surface area contributed by atoms with Crippen molar-refractivity contribution in [2.24, 2.45) is 0 Å². The van der Waals surface area contributed by atoms with Crippen LogP contribution in [0.3, 0.4) is 0 Å². The van der Waals surface area contributed by atoms with Crippen LogP contribution in [0, 0.1) is 0 Å². The maximum absolute atomic E-state index is 13.5. The number of hydrogen-bond acceptors (Lipinski definition) is 7. The van der Waals surface area contributed by atoms with E-state index in [0.29, 0.717) is 17.5 Å². The highest BCUT2D eigenvalue weighted by molar-refractivity contribution is 6.04. The Morgan fingerprint density at radius 3 is 2.88 bits per heavy atom. The second-order valence-electron chi connectivity index (χ2n) is 8.47. The first-order valence-electron chi connectivity index (χ1n) is 11.0. The molecule has 0 aliphatic carbocycles. The van der Waals surface area contributed by atoms with Gasteiger partial charge in [0.05, 0.1) is 24.5 Å². The predicted molar refractivity (Wildman–Crippen MR) is 129 cm³/mol. The fraction of sp³-hybridized carbons (Fsp3) is 0.333. The van der Waals surface area contributed by atoms with Gasteiger partial charge in [-0.2, -0.15) is 0 Å². The number of benzene rings is 1. The highest BCUT2D eigenvalue weighted by atomic mass is 16.5. The van der Waals surface area contributed by atoms with Gasteiger partial charge >= 0.3 is 6.03 Å². The van der Waals surface area contributed by atoms with Crippen molar-refractivity contribution in [1.29, 1.82) is 0 Å². The second-order valence-corrected chi connectivity index (χ2v) is 8.47. The van der Waals surface area contributed by atoms with Gasteiger partial charge in [0.1, 0.15) is 12.1 Å². The van der Waals surface area contributed by atoms with Crippen LogP contribution in [0.2, 0.25) is 0 Å². The van der Waals surface area contributed by atoms with Gasteiger partial charge in [-0.25, -0.2) is 19.7 Å². The molecule has 2 amide bonds. The van der Waals surface area contributed by atoms with E-state index in [0.717, 1.165) is 48.6 Å². The zero-order chi connectivity index (χ0) is 22.9. The molecular weight excluding hydrogens is 418 g/mol. The Hall–Kier alpha value is -3.88. The minimum Gasteiger partial charge on any atom is -0.481 e. The molecule has 1 atom stereocenters. The fourth-order valence-electron chi connectivity index (χ4n) is 4.48. The highest BCUT2D eigenvalue weighted by Gasteiger charge is 2.38. The lowest BCUT2D eigenvalue weighted by molar-refractivity contribution is 0.252. The number of urea groups is 1. The van der Waals surface area contributed by atoms with Crippen LogP contribution in [-0.2, 0) is 0 Å². The monoisotopic (exact) mass is 445 g/mol. The summed E-state index contributed by atoms with van der Waals surface area (Å²) in [4.78, 5) is 32.8. The van der Waals surface area contributed by atoms with Crippen molar-refractivity contribution in [3.63, 3.8) is 0 Å². The van der Waals surface area contributed by atoms with Crippen LogP contribution in [0.5, 0.6) is 5.88 Å². The van der Waals surface area contributed by atoms with Crippen LogP contribution in [-0.4, -0.2) is 61.3 Å². The Bertz CT molecular complexity index is 1180. The number of carbonyl (C=O) groups excluding carboxylic acids is 1. The average molecular weight is 446 g/mol. The van der Waals surface area contributed by atoms with E-state index in [2.05, 4.69) is 43.3 Å². The van der Waals surface area contributed by atoms with Gasteiger partial charge in [-0.05, 0) is 37.1 Å². The third-order valence-corrected chi connectivity index (χ3v) is 6.15. The Morgan fingerprint density at radius 2 is 2.06 bits per heavy atom. The lowest BCUT2D eigenvalue weighted by Gasteiger charge is -2.45. The summed E-state index contributed by atoms with van der Waals surface area (Å²) in [5.74, 6) is 1.46. The number of nitrogens with zero attached hydrogens (tertiary/aromatic N) is 6. The van der Waals surface area contributed by atoms with Crippen molar-refractivity contribution in [1.82, 2.24) is 15.0 Å². The molecule has 2 aliphatic rings. The smallest absolute Gasteiger partial charge is 0.329 e. The molecular formula is C24H27N7O2. The third-order valence-electron chi connectivity index (χ3n) is 6.15. The van der Waals surface area contributed by atoms with E-state index in [9.17, 15) is 4.79 Å². The fourth-order valence-corrected chi connectivity index (χ4v) is 4.48. The van der Waals surface area contributed by atoms with Crippen molar-refractivity contribution >= 4 is 29.0 Å². The molecule has 5 rings (SSSR count). The quantitative estimate of drug-likeness (QED) is 0.656. The molecule has 170 valence electrons. The zero-order valence-electron chi connectivity index (χ0n) is 19.0. The van der Waals surface area contributed by atoms with Gasteiger partial charge in [0.25, 0.3) is 0 Å². The molecule has 1 N–H and O–H groups in total. The highest BCUT2D eigenvalue weighted by Crippen LogP contribution is 2.39. The summed E-state index contributed by atoms with van der Waals surface area (Å²) in [5.41, 5.74) is 3.92. The largest absolute Gasteiger partial charge is 0.481 e. The van der Waals surface area contributed by atoms with Gasteiger partial charge < -0.3 is 14.5 Å². The van der Waals surface area contributed by atoms with Gasteiger partial charge in [0.2, 0.25) is 5.88 Å². The summed E-state index contributed by atoms with van der Waals surface area (Å²) in [6.45, 7) is 1.77. The van der Waals surface area contributed by atoms with Crippen LogP contribution in [0.1, 0.15) is 12.8 Å². The van der Waals surface area contributed by atoms with E-state index < -0.39 is 0 Å². The molecule has 2 aliphatic heterocycles. The third kappa shape index (κ3) is 4.02. The number of amides is 2. The van der Waals surface area contributed by atoms with Gasteiger partial charge in [-0.3, -0.25) is 10.2 Å². The number of pyridine rings is 1. The van der Waals surface area contributed by atoms with Crippen LogP contribution in [0.15, 0.2) is 48.8 Å². The Balaban J connectivity index is 1.53. The van der Waals surface area contributed by atoms with E-state index in [4.69, 9.17) is 9.72 Å². The number of fused-ring (bicyclic) bond motifs is 4. The van der Waals surface area contributed by atoms with Crippen molar-refractivity contribution in [2.45, 2.75) is 18.9 Å². The lowest BCUT2D eigenvalue weighted by atomic mass is 9.99. The first-order chi connectivity index (χ1) is 16.0. The molecule has 0 unspecified atom stereocenters. The summed E-state index contributed by atoms with van der Waals surface area (Å²) in [7, 11) is 5.56. The molecule has 9 heteroatoms. The van der Waals surface area contributed by atoms with Crippen molar-refractivity contribution in [3.8, 4) is 17.1 Å². The maximum Gasteiger partial charge on any atom is 0.329 e. The molecule has 1 fully saturated rings. The first kappa shape index (κ1) is 21.0. The number of nitrogens with one attached hydrogen (secondary N) is 1. The van der Waals surface area contributed by atoms with Crippen LogP contribution < -0.4 is 24.8 Å². The van der Waals surface area contributed by atoms with Crippen LogP contribution >= 0.6 is 0 Å². The molecule has 4 heterocycles. The van der Waals surface area contributed by atoms with Gasteiger partial charge in [-0.1, -0.05) is 12.1 Å². The van der Waals surface area contributed by atoms with Gasteiger partial charge in [0.15, 0.2) is 5.82 Å². The van der Waals surface area contributed by atoms with Crippen LogP contribution in [0.4, 0.5) is 27.8 Å². The molecule has 0 radical (unpaired) electrons. The van der Waals surface area contributed by atoms with E-state index in [1.165, 1.54) is 13.4 Å². The van der Waals surface area contributed by atoms with Crippen molar-refractivity contribution < 1.29 is 9.53 Å². The SMILES string of the molecule is COc1cc(NC(=O)N2c3nc(-c4cccc(N(C)C)c4)ccc3N3CCC[C@H]2C3)ncn1. The molecule has 0 spiro atoms. The summed E-state index contributed by atoms with van der Waals surface area (Å²) in [6, 6.07) is 13.8. The summed E-state index contributed by atoms with van der Waals surface area (Å²) in [6.07, 6.45) is 3.33. The van der Waals surface area contributed by atoms with E-state index >= 15 is 0 Å². The normalized spacial score (nSPS) is 16.8. The molecule has 2 aromatic heterocycles. The van der Waals surface area contributed by atoms with Crippen molar-refractivity contribution in [2.75, 3.05) is 54.3 Å². The minimum atomic E-state index is -0.254. The number of rotatable bonds is 4. The number of hydrogen-bond donors (Lipinski definition) is 1. The van der Waals surface area contributed by atoms with E-state index in [1.54, 1.807) is 11.0 Å². The van der Waals surface area contributed by atoms with Crippen LogP contribution in [0.25, 0.3) is 11.3 Å². The molecule has 33 heavy (non-hydrogen) atoms. The minimum absolute atomic E-state index is 0.0471. The molecule has 3 aromatic rings. The summed E-state index contributed by atoms with van der Waals surface area (Å²) in [5, 5.41) is 2.90. The number of methoxy groups -OCH3 is 1. The Morgan fingerprint density at radius 1 is 1.18 bits per heavy atom. The number of ether oxygens (including phenoxy) is 1. The standard InChI is InChI=1S/C24H27N7O2/c1-29(2)17-7-4-6-16(12-17)19-9-10-20-23(27-19)31(18-8-5-11-30(20)14-18)24(32)28-21-13-22(33-3)26-15-25-21/h4,6-7,9-10,12-13,15,18H,5,8,11,14H2,1-3H3,(H,25,26,28,32)/t18-/m0/s1. The molecule has 1 aromatic carbocycles.